The van der Waals surface area contributed by atoms with Crippen LogP contribution in [-0.2, 0) is 9.47 Å². The van der Waals surface area contributed by atoms with Crippen molar-refractivity contribution in [3.8, 4) is 0 Å². The zero-order valence-electron chi connectivity index (χ0n) is 7.25. The summed E-state index contributed by atoms with van der Waals surface area (Å²) in [7, 11) is 0. The van der Waals surface area contributed by atoms with Gasteiger partial charge in [-0.15, -0.1) is 0 Å². The zero-order valence-corrected chi connectivity index (χ0v) is 9.41. The fraction of sp³-hybridized carbons (Fsp3) is 0.875. The van der Waals surface area contributed by atoms with Crippen molar-refractivity contribution >= 4 is 28.7 Å². The van der Waals surface area contributed by atoms with Gasteiger partial charge in [0.15, 0.2) is 0 Å². The van der Waals surface area contributed by atoms with Crippen LogP contribution in [0.4, 0.5) is 4.79 Å². The molecule has 0 aliphatic carbocycles. The van der Waals surface area contributed by atoms with Crippen molar-refractivity contribution in [1.29, 1.82) is 0 Å². The molecule has 1 aliphatic heterocycles. The van der Waals surface area contributed by atoms with Crippen LogP contribution in [0.2, 0.25) is 0 Å². The molecule has 70 valence electrons. The maximum Gasteiger partial charge on any atom is 0.508 e. The fourth-order valence-corrected chi connectivity index (χ4v) is 1.61. The smallest absolute Gasteiger partial charge is 0.431 e. The highest BCUT2D eigenvalue weighted by atomic mass is 127. The van der Waals surface area contributed by atoms with Gasteiger partial charge in [0.1, 0.15) is 12.2 Å². The van der Waals surface area contributed by atoms with Gasteiger partial charge in [-0.25, -0.2) is 4.79 Å². The molecule has 0 bridgehead atoms. The molecule has 12 heavy (non-hydrogen) atoms. The summed E-state index contributed by atoms with van der Waals surface area (Å²) in [6.45, 7) is 4.05. The average molecular weight is 284 g/mol. The molecule has 3 atom stereocenters. The van der Waals surface area contributed by atoms with E-state index in [-0.39, 0.29) is 12.2 Å². The molecule has 0 aromatic rings. The molecule has 3 nitrogen and oxygen atoms in total. The van der Waals surface area contributed by atoms with E-state index in [2.05, 4.69) is 22.6 Å². The lowest BCUT2D eigenvalue weighted by Crippen LogP contribution is -2.37. The van der Waals surface area contributed by atoms with Crippen LogP contribution in [0.15, 0.2) is 0 Å². The first-order valence-electron chi connectivity index (χ1n) is 4.14. The number of ether oxygens (including phenoxy) is 2. The lowest BCUT2D eigenvalue weighted by molar-refractivity contribution is -0.0582. The molecule has 0 radical (unpaired) electrons. The Morgan fingerprint density at radius 3 is 2.83 bits per heavy atom. The minimum absolute atomic E-state index is 0.0248. The van der Waals surface area contributed by atoms with Gasteiger partial charge < -0.3 is 9.47 Å². The van der Waals surface area contributed by atoms with Crippen molar-refractivity contribution in [2.24, 2.45) is 0 Å². The van der Waals surface area contributed by atoms with Crippen LogP contribution in [0, 0.1) is 0 Å². The molecule has 0 unspecified atom stereocenters. The number of alkyl halides is 1. The Hall–Kier alpha value is 0. The molecule has 1 fully saturated rings. The van der Waals surface area contributed by atoms with Crippen LogP contribution < -0.4 is 0 Å². The first-order chi connectivity index (χ1) is 5.63. The third-order valence-corrected chi connectivity index (χ3v) is 2.78. The van der Waals surface area contributed by atoms with Crippen molar-refractivity contribution in [2.45, 2.75) is 42.8 Å². The molecule has 0 aromatic heterocycles. The third-order valence-electron chi connectivity index (χ3n) is 1.97. The SMILES string of the molecule is CC[C@@H]1C[C@H]([C@H](C)I)OC(=O)O1. The summed E-state index contributed by atoms with van der Waals surface area (Å²) in [5.74, 6) is 0. The Morgan fingerprint density at radius 2 is 2.33 bits per heavy atom. The Morgan fingerprint density at radius 1 is 1.67 bits per heavy atom. The predicted molar refractivity (Wildman–Crippen MR) is 53.5 cm³/mol. The number of cyclic esters (lactones) is 2. The Kier molecular flexibility index (Phi) is 3.61. The van der Waals surface area contributed by atoms with Crippen molar-refractivity contribution < 1.29 is 14.3 Å². The standard InChI is InChI=1S/C8H13IO3/c1-3-6-4-7(5(2)9)12-8(10)11-6/h5-7H,3-4H2,1-2H3/t5-,6+,7+/m0/s1. The van der Waals surface area contributed by atoms with Crippen LogP contribution in [0.5, 0.6) is 0 Å². The van der Waals surface area contributed by atoms with Crippen LogP contribution in [-0.4, -0.2) is 22.3 Å². The van der Waals surface area contributed by atoms with Gasteiger partial charge in [-0.3, -0.25) is 0 Å². The third kappa shape index (κ3) is 2.50. The van der Waals surface area contributed by atoms with Gasteiger partial charge >= 0.3 is 6.16 Å². The van der Waals surface area contributed by atoms with Gasteiger partial charge in [0, 0.05) is 10.3 Å². The van der Waals surface area contributed by atoms with Gasteiger partial charge in [0.25, 0.3) is 0 Å². The number of hydrogen-bond donors (Lipinski definition) is 0. The molecule has 0 spiro atoms. The Balaban J connectivity index is 2.51. The number of rotatable bonds is 2. The summed E-state index contributed by atoms with van der Waals surface area (Å²) in [5, 5.41) is 0. The first-order valence-corrected chi connectivity index (χ1v) is 5.39. The highest BCUT2D eigenvalue weighted by Gasteiger charge is 2.31. The van der Waals surface area contributed by atoms with E-state index in [0.29, 0.717) is 3.92 Å². The second-order valence-electron chi connectivity index (χ2n) is 2.97. The largest absolute Gasteiger partial charge is 0.508 e. The van der Waals surface area contributed by atoms with Crippen molar-refractivity contribution in [3.63, 3.8) is 0 Å². The van der Waals surface area contributed by atoms with E-state index in [0.717, 1.165) is 12.8 Å². The predicted octanol–water partition coefficient (Wildman–Crippen LogP) is 2.51. The van der Waals surface area contributed by atoms with Gasteiger partial charge in [-0.1, -0.05) is 29.5 Å². The van der Waals surface area contributed by atoms with Crippen LogP contribution in [0.25, 0.3) is 0 Å². The molecular formula is C8H13IO3. The average Bonchev–Trinajstić information content (AvgIpc) is 2.03. The second-order valence-corrected chi connectivity index (χ2v) is 4.93. The summed E-state index contributed by atoms with van der Waals surface area (Å²) in [6, 6.07) is 0. The lowest BCUT2D eigenvalue weighted by atomic mass is 10.1. The molecule has 1 saturated heterocycles. The van der Waals surface area contributed by atoms with Crippen LogP contribution in [0.3, 0.4) is 0 Å². The van der Waals surface area contributed by atoms with Gasteiger partial charge in [-0.2, -0.15) is 0 Å². The minimum Gasteiger partial charge on any atom is -0.431 e. The fourth-order valence-electron chi connectivity index (χ4n) is 1.17. The summed E-state index contributed by atoms with van der Waals surface area (Å²) >= 11 is 2.27. The number of carbonyl (C=O) groups is 1. The molecule has 0 aromatic carbocycles. The lowest BCUT2D eigenvalue weighted by Gasteiger charge is -2.29. The van der Waals surface area contributed by atoms with E-state index in [1.54, 1.807) is 0 Å². The molecule has 0 N–H and O–H groups in total. The summed E-state index contributed by atoms with van der Waals surface area (Å²) in [5.41, 5.74) is 0. The Labute approximate surface area is 85.9 Å². The summed E-state index contributed by atoms with van der Waals surface area (Å²) in [4.78, 5) is 10.9. The van der Waals surface area contributed by atoms with E-state index in [1.807, 2.05) is 13.8 Å². The molecular weight excluding hydrogens is 271 g/mol. The molecule has 0 amide bonds. The van der Waals surface area contributed by atoms with E-state index in [4.69, 9.17) is 9.47 Å². The normalized spacial score (nSPS) is 32.1. The second kappa shape index (κ2) is 4.30. The maximum absolute atomic E-state index is 10.9. The summed E-state index contributed by atoms with van der Waals surface area (Å²) < 4.78 is 10.3. The summed E-state index contributed by atoms with van der Waals surface area (Å²) in [6.07, 6.45) is 1.26. The highest BCUT2D eigenvalue weighted by molar-refractivity contribution is 14.1. The highest BCUT2D eigenvalue weighted by Crippen LogP contribution is 2.23. The Bertz CT molecular complexity index is 170. The molecule has 1 heterocycles. The monoisotopic (exact) mass is 284 g/mol. The van der Waals surface area contributed by atoms with Crippen molar-refractivity contribution in [2.75, 3.05) is 0 Å². The van der Waals surface area contributed by atoms with Crippen molar-refractivity contribution in [1.82, 2.24) is 0 Å². The van der Waals surface area contributed by atoms with Gasteiger partial charge in [0.05, 0.1) is 0 Å². The topological polar surface area (TPSA) is 35.5 Å². The number of hydrogen-bond acceptors (Lipinski definition) is 3. The van der Waals surface area contributed by atoms with E-state index < -0.39 is 6.16 Å². The quantitative estimate of drug-likeness (QED) is 0.444. The first kappa shape index (κ1) is 10.1. The molecule has 1 aliphatic rings. The number of halogens is 1. The molecule has 4 heteroatoms. The van der Waals surface area contributed by atoms with Crippen LogP contribution >= 0.6 is 22.6 Å². The molecule has 1 rings (SSSR count). The van der Waals surface area contributed by atoms with Gasteiger partial charge in [-0.05, 0) is 13.3 Å². The molecule has 0 saturated carbocycles. The maximum atomic E-state index is 10.9. The minimum atomic E-state index is -0.512. The van der Waals surface area contributed by atoms with Crippen molar-refractivity contribution in [3.05, 3.63) is 0 Å². The van der Waals surface area contributed by atoms with E-state index in [9.17, 15) is 4.79 Å². The van der Waals surface area contributed by atoms with Crippen LogP contribution in [0.1, 0.15) is 26.7 Å². The van der Waals surface area contributed by atoms with Gasteiger partial charge in [0.2, 0.25) is 0 Å². The van der Waals surface area contributed by atoms with E-state index in [1.165, 1.54) is 0 Å². The number of carbonyl (C=O) groups excluding carboxylic acids is 1. The zero-order chi connectivity index (χ0) is 9.14. The van der Waals surface area contributed by atoms with E-state index >= 15 is 0 Å².